The van der Waals surface area contributed by atoms with Crippen LogP contribution in [-0.2, 0) is 6.54 Å². The number of anilines is 1. The number of primary amides is 1. The lowest BCUT2D eigenvalue weighted by Crippen LogP contribution is -2.11. The minimum absolute atomic E-state index is 0.0267. The highest BCUT2D eigenvalue weighted by molar-refractivity contribution is 7.09. The topological polar surface area (TPSA) is 118 Å². The van der Waals surface area contributed by atoms with Crippen molar-refractivity contribution in [2.45, 2.75) is 6.54 Å². The number of amides is 1. The molecule has 0 spiro atoms. The van der Waals surface area contributed by atoms with E-state index in [-0.39, 0.29) is 5.69 Å². The van der Waals surface area contributed by atoms with Crippen LogP contribution in [0.4, 0.5) is 5.82 Å². The summed E-state index contributed by atoms with van der Waals surface area (Å²) in [6.07, 6.45) is 1.37. The molecule has 19 heavy (non-hydrogen) atoms. The number of thiazole rings is 1. The maximum absolute atomic E-state index is 10.9. The Morgan fingerprint density at radius 2 is 2.21 bits per heavy atom. The van der Waals surface area contributed by atoms with Gasteiger partial charge in [0, 0.05) is 11.6 Å². The number of carboxylic acid groups (broad SMARTS) is 1. The molecule has 2 aromatic heterocycles. The first-order chi connectivity index (χ1) is 9.06. The predicted molar refractivity (Wildman–Crippen MR) is 69.2 cm³/mol. The number of pyridine rings is 1. The van der Waals surface area contributed by atoms with Gasteiger partial charge in [-0.25, -0.2) is 14.8 Å². The Morgan fingerprint density at radius 1 is 1.42 bits per heavy atom. The van der Waals surface area contributed by atoms with Gasteiger partial charge in [-0.2, -0.15) is 0 Å². The molecule has 98 valence electrons. The molecule has 0 aliphatic rings. The molecule has 0 aliphatic carbocycles. The van der Waals surface area contributed by atoms with Crippen molar-refractivity contribution in [3.05, 3.63) is 40.0 Å². The largest absolute Gasteiger partial charge is 0.476 e. The Balaban J connectivity index is 1.97. The summed E-state index contributed by atoms with van der Waals surface area (Å²) >= 11 is 1.25. The zero-order valence-electron chi connectivity index (χ0n) is 9.66. The van der Waals surface area contributed by atoms with Crippen LogP contribution in [0.3, 0.4) is 0 Å². The highest BCUT2D eigenvalue weighted by Crippen LogP contribution is 2.12. The highest BCUT2D eigenvalue weighted by Gasteiger charge is 2.08. The van der Waals surface area contributed by atoms with Gasteiger partial charge in [0.15, 0.2) is 5.69 Å². The van der Waals surface area contributed by atoms with E-state index in [0.717, 1.165) is 0 Å². The minimum Gasteiger partial charge on any atom is -0.476 e. The fourth-order valence-electron chi connectivity index (χ4n) is 1.30. The van der Waals surface area contributed by atoms with E-state index in [1.807, 2.05) is 0 Å². The third-order valence-corrected chi connectivity index (χ3v) is 3.09. The molecule has 4 N–H and O–H groups in total. The summed E-state index contributed by atoms with van der Waals surface area (Å²) in [5.41, 5.74) is 5.45. The van der Waals surface area contributed by atoms with E-state index in [9.17, 15) is 9.59 Å². The number of carbonyl (C=O) groups is 2. The van der Waals surface area contributed by atoms with Crippen molar-refractivity contribution in [3.8, 4) is 0 Å². The number of hydrogen-bond acceptors (Lipinski definition) is 6. The van der Waals surface area contributed by atoms with E-state index in [2.05, 4.69) is 15.3 Å². The Kier molecular flexibility index (Phi) is 3.71. The van der Waals surface area contributed by atoms with Crippen LogP contribution in [-0.4, -0.2) is 27.0 Å². The van der Waals surface area contributed by atoms with Gasteiger partial charge in [0.1, 0.15) is 10.8 Å². The van der Waals surface area contributed by atoms with E-state index < -0.39 is 11.9 Å². The molecule has 0 aliphatic heterocycles. The van der Waals surface area contributed by atoms with Gasteiger partial charge >= 0.3 is 5.97 Å². The molecular formula is C11H10N4O3S. The quantitative estimate of drug-likeness (QED) is 0.749. The number of hydrogen-bond donors (Lipinski definition) is 3. The van der Waals surface area contributed by atoms with Crippen LogP contribution in [0.1, 0.15) is 25.9 Å². The normalized spacial score (nSPS) is 10.1. The van der Waals surface area contributed by atoms with Crippen molar-refractivity contribution in [2.24, 2.45) is 5.73 Å². The molecule has 7 nitrogen and oxygen atoms in total. The van der Waals surface area contributed by atoms with Gasteiger partial charge in [0.25, 0.3) is 0 Å². The molecule has 1 amide bonds. The molecule has 0 bridgehead atoms. The minimum atomic E-state index is -1.05. The summed E-state index contributed by atoms with van der Waals surface area (Å²) in [7, 11) is 0. The molecule has 0 saturated carbocycles. The molecule has 0 atom stereocenters. The second-order valence-electron chi connectivity index (χ2n) is 3.58. The predicted octanol–water partition coefficient (Wildman–Crippen LogP) is 0.947. The zero-order valence-corrected chi connectivity index (χ0v) is 10.5. The average Bonchev–Trinajstić information content (AvgIpc) is 2.86. The lowest BCUT2D eigenvalue weighted by atomic mass is 10.3. The van der Waals surface area contributed by atoms with Crippen molar-refractivity contribution in [1.29, 1.82) is 0 Å². The lowest BCUT2D eigenvalue weighted by Gasteiger charge is -2.03. The first-order valence-electron chi connectivity index (χ1n) is 5.23. The van der Waals surface area contributed by atoms with Crippen molar-refractivity contribution in [1.82, 2.24) is 9.97 Å². The standard InChI is InChI=1S/C11H10N4O3S/c12-10(16)6-1-2-8(13-3-6)14-4-9-15-7(5-19-9)11(17)18/h1-3,5H,4H2,(H2,12,16)(H,13,14)(H,17,18). The van der Waals surface area contributed by atoms with E-state index >= 15 is 0 Å². The van der Waals surface area contributed by atoms with Gasteiger partial charge in [-0.3, -0.25) is 4.79 Å². The fourth-order valence-corrected chi connectivity index (χ4v) is 2.01. The summed E-state index contributed by atoms with van der Waals surface area (Å²) in [6, 6.07) is 3.17. The Labute approximate surface area is 112 Å². The van der Waals surface area contributed by atoms with Crippen LogP contribution in [0.25, 0.3) is 0 Å². The maximum atomic E-state index is 10.9. The van der Waals surface area contributed by atoms with Gasteiger partial charge in [-0.1, -0.05) is 0 Å². The molecule has 2 rings (SSSR count). The second-order valence-corrected chi connectivity index (χ2v) is 4.52. The van der Waals surface area contributed by atoms with Crippen LogP contribution in [0.2, 0.25) is 0 Å². The molecule has 2 aromatic rings. The zero-order chi connectivity index (χ0) is 13.8. The Hall–Kier alpha value is -2.48. The molecule has 0 fully saturated rings. The number of nitrogens with zero attached hydrogens (tertiary/aromatic N) is 2. The third-order valence-electron chi connectivity index (χ3n) is 2.24. The molecule has 0 saturated heterocycles. The van der Waals surface area contributed by atoms with Crippen molar-refractivity contribution >= 4 is 29.0 Å². The van der Waals surface area contributed by atoms with E-state index in [0.29, 0.717) is 22.9 Å². The second kappa shape index (κ2) is 5.44. The first kappa shape index (κ1) is 13.0. The summed E-state index contributed by atoms with van der Waals surface area (Å²) in [6.45, 7) is 0.362. The number of carbonyl (C=O) groups excluding carboxylic acids is 1. The van der Waals surface area contributed by atoms with Crippen LogP contribution in [0, 0.1) is 0 Å². The smallest absolute Gasteiger partial charge is 0.355 e. The molecule has 8 heteroatoms. The van der Waals surface area contributed by atoms with Gasteiger partial charge in [0.05, 0.1) is 12.1 Å². The summed E-state index contributed by atoms with van der Waals surface area (Å²) in [5.74, 6) is -1.03. The fraction of sp³-hybridized carbons (Fsp3) is 0.0909. The van der Waals surface area contributed by atoms with Crippen LogP contribution in [0.5, 0.6) is 0 Å². The van der Waals surface area contributed by atoms with E-state index in [1.165, 1.54) is 22.9 Å². The molecule has 0 aromatic carbocycles. The molecule has 2 heterocycles. The van der Waals surface area contributed by atoms with E-state index in [4.69, 9.17) is 10.8 Å². The number of nitrogens with one attached hydrogen (secondary N) is 1. The van der Waals surface area contributed by atoms with Crippen LogP contribution in [0.15, 0.2) is 23.7 Å². The molecular weight excluding hydrogens is 268 g/mol. The number of rotatable bonds is 5. The monoisotopic (exact) mass is 278 g/mol. The number of carboxylic acids is 1. The number of aromatic carboxylic acids is 1. The van der Waals surface area contributed by atoms with Gasteiger partial charge < -0.3 is 16.2 Å². The van der Waals surface area contributed by atoms with Gasteiger partial charge in [0.2, 0.25) is 5.91 Å². The Morgan fingerprint density at radius 3 is 2.74 bits per heavy atom. The van der Waals surface area contributed by atoms with E-state index in [1.54, 1.807) is 12.1 Å². The van der Waals surface area contributed by atoms with Crippen LogP contribution >= 0.6 is 11.3 Å². The van der Waals surface area contributed by atoms with Crippen molar-refractivity contribution in [2.75, 3.05) is 5.32 Å². The number of aromatic nitrogens is 2. The summed E-state index contributed by atoms with van der Waals surface area (Å²) in [5, 5.41) is 13.8. The highest BCUT2D eigenvalue weighted by atomic mass is 32.1. The van der Waals surface area contributed by atoms with Gasteiger partial charge in [-0.15, -0.1) is 11.3 Å². The summed E-state index contributed by atoms with van der Waals surface area (Å²) in [4.78, 5) is 29.4. The van der Waals surface area contributed by atoms with Crippen molar-refractivity contribution in [3.63, 3.8) is 0 Å². The SMILES string of the molecule is NC(=O)c1ccc(NCc2nc(C(=O)O)cs2)nc1. The van der Waals surface area contributed by atoms with Crippen LogP contribution < -0.4 is 11.1 Å². The van der Waals surface area contributed by atoms with Gasteiger partial charge in [-0.05, 0) is 12.1 Å². The maximum Gasteiger partial charge on any atom is 0.355 e. The summed E-state index contributed by atoms with van der Waals surface area (Å²) < 4.78 is 0. The average molecular weight is 278 g/mol. The molecule has 0 unspecified atom stereocenters. The first-order valence-corrected chi connectivity index (χ1v) is 6.11. The lowest BCUT2D eigenvalue weighted by molar-refractivity contribution is 0.0691. The van der Waals surface area contributed by atoms with Crippen molar-refractivity contribution < 1.29 is 14.7 Å². The number of nitrogens with two attached hydrogens (primary N) is 1. The molecule has 0 radical (unpaired) electrons. The Bertz CT molecular complexity index is 609. The third kappa shape index (κ3) is 3.26.